The lowest BCUT2D eigenvalue weighted by Gasteiger charge is -2.10. The van der Waals surface area contributed by atoms with Crippen molar-refractivity contribution in [3.63, 3.8) is 0 Å². The monoisotopic (exact) mass is 293 g/mol. The highest BCUT2D eigenvalue weighted by Crippen LogP contribution is 2.30. The van der Waals surface area contributed by atoms with Gasteiger partial charge in [-0.25, -0.2) is 4.98 Å². The number of halogens is 1. The maximum atomic E-state index is 4.79. The van der Waals surface area contributed by atoms with Crippen molar-refractivity contribution in [2.24, 2.45) is 7.05 Å². The molecule has 0 radical (unpaired) electrons. The van der Waals surface area contributed by atoms with Gasteiger partial charge in [-0.1, -0.05) is 0 Å². The summed E-state index contributed by atoms with van der Waals surface area (Å²) in [6.45, 7) is 3.21. The molecule has 1 aromatic carbocycles. The van der Waals surface area contributed by atoms with E-state index in [1.54, 1.807) is 0 Å². The van der Waals surface area contributed by atoms with E-state index in [2.05, 4.69) is 51.9 Å². The fourth-order valence-corrected chi connectivity index (χ4v) is 3.49. The first-order chi connectivity index (χ1) is 8.16. The molecule has 0 bridgehead atoms. The van der Waals surface area contributed by atoms with Crippen molar-refractivity contribution in [3.8, 4) is 0 Å². The van der Waals surface area contributed by atoms with Crippen LogP contribution in [0.4, 0.5) is 0 Å². The third-order valence-corrected chi connectivity index (χ3v) is 4.08. The lowest BCUT2D eigenvalue weighted by atomic mass is 10.2. The zero-order chi connectivity index (χ0) is 12.0. The molecule has 1 aliphatic heterocycles. The molecule has 4 heteroatoms. The Kier molecular flexibility index (Phi) is 2.71. The Morgan fingerprint density at radius 3 is 3.00 bits per heavy atom. The summed E-state index contributed by atoms with van der Waals surface area (Å²) in [6, 6.07) is 4.72. The van der Waals surface area contributed by atoms with Gasteiger partial charge in [0.05, 0.1) is 17.1 Å². The van der Waals surface area contributed by atoms with E-state index in [1.807, 2.05) is 0 Å². The quantitative estimate of drug-likeness (QED) is 0.876. The van der Waals surface area contributed by atoms with Crippen LogP contribution >= 0.6 is 15.9 Å². The summed E-state index contributed by atoms with van der Waals surface area (Å²) in [6.07, 6.45) is 2.43. The molecule has 1 fully saturated rings. The maximum Gasteiger partial charge on any atom is 0.126 e. The van der Waals surface area contributed by atoms with Gasteiger partial charge in [0, 0.05) is 11.5 Å². The molecule has 1 unspecified atom stereocenters. The molecule has 2 aromatic rings. The first-order valence-electron chi connectivity index (χ1n) is 6.02. The van der Waals surface area contributed by atoms with Crippen LogP contribution < -0.4 is 5.32 Å². The molecule has 0 saturated carbocycles. The predicted octanol–water partition coefficient (Wildman–Crippen LogP) is 3.07. The molecule has 3 nitrogen and oxygen atoms in total. The van der Waals surface area contributed by atoms with E-state index >= 15 is 0 Å². The molecule has 1 aliphatic rings. The first kappa shape index (κ1) is 11.2. The molecule has 1 aromatic heterocycles. The third-order valence-electron chi connectivity index (χ3n) is 3.47. The third kappa shape index (κ3) is 1.79. The molecular formula is C13H16BrN3. The highest BCUT2D eigenvalue weighted by Gasteiger charge is 2.22. The Morgan fingerprint density at radius 1 is 1.47 bits per heavy atom. The predicted molar refractivity (Wildman–Crippen MR) is 73.1 cm³/mol. The largest absolute Gasteiger partial charge is 0.329 e. The van der Waals surface area contributed by atoms with Crippen LogP contribution in [0.3, 0.4) is 0 Å². The van der Waals surface area contributed by atoms with Crippen molar-refractivity contribution >= 4 is 27.0 Å². The summed E-state index contributed by atoms with van der Waals surface area (Å²) in [5, 5.41) is 3.51. The van der Waals surface area contributed by atoms with Crippen molar-refractivity contribution < 1.29 is 0 Å². The summed E-state index contributed by atoms with van der Waals surface area (Å²) in [5.41, 5.74) is 3.52. The number of fused-ring (bicyclic) bond motifs is 1. The van der Waals surface area contributed by atoms with Crippen LogP contribution in [-0.4, -0.2) is 16.1 Å². The molecule has 17 heavy (non-hydrogen) atoms. The molecule has 1 N–H and O–H groups in total. The summed E-state index contributed by atoms with van der Waals surface area (Å²) in [4.78, 5) is 4.79. The zero-order valence-corrected chi connectivity index (χ0v) is 11.7. The number of rotatable bonds is 1. The van der Waals surface area contributed by atoms with Crippen LogP contribution in [0.15, 0.2) is 16.6 Å². The number of nitrogens with one attached hydrogen (secondary N) is 1. The molecule has 1 saturated heterocycles. The van der Waals surface area contributed by atoms with Crippen LogP contribution in [0, 0.1) is 6.92 Å². The van der Waals surface area contributed by atoms with Gasteiger partial charge in [-0.2, -0.15) is 0 Å². The van der Waals surface area contributed by atoms with Crippen LogP contribution in [0.1, 0.15) is 30.3 Å². The summed E-state index contributed by atoms with van der Waals surface area (Å²) < 4.78 is 3.34. The van der Waals surface area contributed by atoms with Gasteiger partial charge in [0.1, 0.15) is 5.82 Å². The Morgan fingerprint density at radius 2 is 2.29 bits per heavy atom. The summed E-state index contributed by atoms with van der Waals surface area (Å²) >= 11 is 3.64. The molecule has 1 atom stereocenters. The number of benzene rings is 1. The minimum atomic E-state index is 0.416. The van der Waals surface area contributed by atoms with E-state index in [0.717, 1.165) is 22.4 Å². The summed E-state index contributed by atoms with van der Waals surface area (Å²) in [5.74, 6) is 1.16. The Hall–Kier alpha value is -0.870. The fourth-order valence-electron chi connectivity index (χ4n) is 2.66. The topological polar surface area (TPSA) is 29.9 Å². The van der Waals surface area contributed by atoms with Gasteiger partial charge < -0.3 is 9.88 Å². The average molecular weight is 294 g/mol. The van der Waals surface area contributed by atoms with Gasteiger partial charge in [-0.3, -0.25) is 0 Å². The molecule has 0 amide bonds. The zero-order valence-electron chi connectivity index (χ0n) is 10.1. The van der Waals surface area contributed by atoms with Gasteiger partial charge in [-0.05, 0) is 59.9 Å². The Labute approximate surface area is 109 Å². The number of imidazole rings is 1. The molecular weight excluding hydrogens is 278 g/mol. The van der Waals surface area contributed by atoms with E-state index in [0.29, 0.717) is 6.04 Å². The molecule has 0 aliphatic carbocycles. The van der Waals surface area contributed by atoms with Crippen molar-refractivity contribution in [2.45, 2.75) is 25.8 Å². The highest BCUT2D eigenvalue weighted by atomic mass is 79.9. The standard InChI is InChI=1S/C13H16BrN3/c1-8-6-9(14)12-11(7-8)16-13(17(12)2)10-4-3-5-15-10/h6-7,10,15H,3-5H2,1-2H3. The van der Waals surface area contributed by atoms with E-state index in [-0.39, 0.29) is 0 Å². The van der Waals surface area contributed by atoms with Crippen molar-refractivity contribution in [1.82, 2.24) is 14.9 Å². The minimum Gasteiger partial charge on any atom is -0.329 e. The van der Waals surface area contributed by atoms with E-state index in [1.165, 1.54) is 23.9 Å². The summed E-state index contributed by atoms with van der Waals surface area (Å²) in [7, 11) is 2.10. The van der Waals surface area contributed by atoms with Crippen LogP contribution in [0.5, 0.6) is 0 Å². The highest BCUT2D eigenvalue weighted by molar-refractivity contribution is 9.10. The van der Waals surface area contributed by atoms with Crippen molar-refractivity contribution in [2.75, 3.05) is 6.54 Å². The normalized spacial score (nSPS) is 20.3. The van der Waals surface area contributed by atoms with Gasteiger partial charge in [0.2, 0.25) is 0 Å². The smallest absolute Gasteiger partial charge is 0.126 e. The van der Waals surface area contributed by atoms with E-state index in [9.17, 15) is 0 Å². The van der Waals surface area contributed by atoms with Gasteiger partial charge in [-0.15, -0.1) is 0 Å². The minimum absolute atomic E-state index is 0.416. The Bertz CT molecular complexity index is 568. The van der Waals surface area contributed by atoms with Gasteiger partial charge >= 0.3 is 0 Å². The fraction of sp³-hybridized carbons (Fsp3) is 0.462. The number of aryl methyl sites for hydroxylation is 2. The number of aromatic nitrogens is 2. The SMILES string of the molecule is Cc1cc(Br)c2c(c1)nc(C1CCCN1)n2C. The van der Waals surface area contributed by atoms with E-state index in [4.69, 9.17) is 4.98 Å². The lowest BCUT2D eigenvalue weighted by Crippen LogP contribution is -2.16. The van der Waals surface area contributed by atoms with Crippen LogP contribution in [-0.2, 0) is 7.05 Å². The lowest BCUT2D eigenvalue weighted by molar-refractivity contribution is 0.584. The molecule has 2 heterocycles. The Balaban J connectivity index is 2.20. The van der Waals surface area contributed by atoms with Crippen LogP contribution in [0.2, 0.25) is 0 Å². The van der Waals surface area contributed by atoms with Crippen molar-refractivity contribution in [3.05, 3.63) is 28.0 Å². The maximum absolute atomic E-state index is 4.79. The molecule has 3 rings (SSSR count). The second-order valence-corrected chi connectivity index (χ2v) is 5.65. The van der Waals surface area contributed by atoms with Crippen LogP contribution in [0.25, 0.3) is 11.0 Å². The number of hydrogen-bond acceptors (Lipinski definition) is 2. The van der Waals surface area contributed by atoms with Crippen molar-refractivity contribution in [1.29, 1.82) is 0 Å². The van der Waals surface area contributed by atoms with Gasteiger partial charge in [0.15, 0.2) is 0 Å². The second kappa shape index (κ2) is 4.10. The average Bonchev–Trinajstić information content (AvgIpc) is 2.85. The molecule has 0 spiro atoms. The number of hydrogen-bond donors (Lipinski definition) is 1. The van der Waals surface area contributed by atoms with Gasteiger partial charge in [0.25, 0.3) is 0 Å². The van der Waals surface area contributed by atoms with E-state index < -0.39 is 0 Å². The number of nitrogens with zero attached hydrogens (tertiary/aromatic N) is 2. The second-order valence-electron chi connectivity index (χ2n) is 4.79. The molecule has 90 valence electrons. The first-order valence-corrected chi connectivity index (χ1v) is 6.82.